The maximum atomic E-state index is 11.2. The van der Waals surface area contributed by atoms with Gasteiger partial charge in [0.15, 0.2) is 0 Å². The number of fused-ring (bicyclic) bond motifs is 3. The highest BCUT2D eigenvalue weighted by molar-refractivity contribution is 6.05. The SMILES string of the molecule is C[C@H](O)[C@@H](CCOc1ccc2oc3ccccc3c2c1)n1cnc(C(N)=O)c1. The number of rotatable bonds is 7. The minimum Gasteiger partial charge on any atom is -0.493 e. The standard InChI is InChI=1S/C21H21N3O4/c1-13(25)18(24-11-17(21(22)26)23-12-24)8-9-27-14-6-7-20-16(10-14)15-4-2-3-5-19(15)28-20/h2-7,10-13,18,25H,8-9H2,1H3,(H2,22,26)/t13-,18+/m0/s1. The molecular formula is C21H21N3O4. The second-order valence-electron chi connectivity index (χ2n) is 6.77. The van der Waals surface area contributed by atoms with E-state index in [9.17, 15) is 9.90 Å². The van der Waals surface area contributed by atoms with Gasteiger partial charge in [0.1, 0.15) is 22.6 Å². The Bertz CT molecular complexity index is 1130. The number of imidazole rings is 1. The van der Waals surface area contributed by atoms with Crippen LogP contribution in [-0.2, 0) is 0 Å². The van der Waals surface area contributed by atoms with E-state index in [0.29, 0.717) is 13.0 Å². The van der Waals surface area contributed by atoms with Crippen LogP contribution in [0.1, 0.15) is 29.9 Å². The van der Waals surface area contributed by atoms with Crippen LogP contribution >= 0.6 is 0 Å². The van der Waals surface area contributed by atoms with E-state index in [1.54, 1.807) is 17.7 Å². The number of ether oxygens (including phenoxy) is 1. The number of aliphatic hydroxyl groups is 1. The summed E-state index contributed by atoms with van der Waals surface area (Å²) < 4.78 is 13.4. The number of amides is 1. The summed E-state index contributed by atoms with van der Waals surface area (Å²) in [6, 6.07) is 13.3. The van der Waals surface area contributed by atoms with E-state index in [2.05, 4.69) is 4.98 Å². The molecule has 0 saturated heterocycles. The molecule has 4 rings (SSSR count). The van der Waals surface area contributed by atoms with E-state index in [1.165, 1.54) is 6.33 Å². The van der Waals surface area contributed by atoms with E-state index < -0.39 is 12.0 Å². The molecule has 1 amide bonds. The fraction of sp³-hybridized carbons (Fsp3) is 0.238. The molecule has 0 aliphatic carbocycles. The second-order valence-corrected chi connectivity index (χ2v) is 6.77. The van der Waals surface area contributed by atoms with Crippen LogP contribution < -0.4 is 10.5 Å². The number of hydrogen-bond donors (Lipinski definition) is 2. The zero-order valence-electron chi connectivity index (χ0n) is 15.4. The molecule has 4 aromatic rings. The molecule has 0 unspecified atom stereocenters. The molecule has 3 N–H and O–H groups in total. The topological polar surface area (TPSA) is 104 Å². The van der Waals surface area contributed by atoms with Gasteiger partial charge in [-0.15, -0.1) is 0 Å². The van der Waals surface area contributed by atoms with Gasteiger partial charge in [0.05, 0.1) is 25.1 Å². The highest BCUT2D eigenvalue weighted by atomic mass is 16.5. The number of furan rings is 1. The van der Waals surface area contributed by atoms with Crippen molar-refractivity contribution in [1.82, 2.24) is 9.55 Å². The van der Waals surface area contributed by atoms with Crippen molar-refractivity contribution in [2.75, 3.05) is 6.61 Å². The van der Waals surface area contributed by atoms with Gasteiger partial charge in [0.2, 0.25) is 0 Å². The predicted octanol–water partition coefficient (Wildman–Crippen LogP) is 3.27. The molecule has 2 heterocycles. The molecule has 0 aliphatic rings. The van der Waals surface area contributed by atoms with Crippen molar-refractivity contribution in [3.8, 4) is 5.75 Å². The first-order chi connectivity index (χ1) is 13.5. The van der Waals surface area contributed by atoms with E-state index in [1.807, 2.05) is 42.5 Å². The summed E-state index contributed by atoms with van der Waals surface area (Å²) in [6.45, 7) is 2.08. The zero-order chi connectivity index (χ0) is 19.7. The first-order valence-electron chi connectivity index (χ1n) is 9.08. The van der Waals surface area contributed by atoms with Crippen molar-refractivity contribution in [2.45, 2.75) is 25.5 Å². The first-order valence-corrected chi connectivity index (χ1v) is 9.08. The quantitative estimate of drug-likeness (QED) is 0.513. The number of carbonyl (C=O) groups is 1. The lowest BCUT2D eigenvalue weighted by Gasteiger charge is -2.21. The highest BCUT2D eigenvalue weighted by Gasteiger charge is 2.19. The molecule has 0 fully saturated rings. The van der Waals surface area contributed by atoms with Crippen LogP contribution in [-0.4, -0.2) is 33.3 Å². The average molecular weight is 379 g/mol. The number of aliphatic hydroxyl groups excluding tert-OH is 1. The number of para-hydroxylation sites is 1. The Hall–Kier alpha value is -3.32. The van der Waals surface area contributed by atoms with Gasteiger partial charge in [0.25, 0.3) is 5.91 Å². The Balaban J connectivity index is 1.48. The Morgan fingerprint density at radius 1 is 1.25 bits per heavy atom. The molecule has 0 bridgehead atoms. The number of nitrogens with two attached hydrogens (primary N) is 1. The molecule has 144 valence electrons. The number of hydrogen-bond acceptors (Lipinski definition) is 5. The largest absolute Gasteiger partial charge is 0.493 e. The van der Waals surface area contributed by atoms with Crippen molar-refractivity contribution in [2.24, 2.45) is 5.73 Å². The van der Waals surface area contributed by atoms with Gasteiger partial charge in [-0.2, -0.15) is 0 Å². The van der Waals surface area contributed by atoms with E-state index in [0.717, 1.165) is 27.7 Å². The number of carbonyl (C=O) groups excluding carboxylic acids is 1. The zero-order valence-corrected chi connectivity index (χ0v) is 15.4. The highest BCUT2D eigenvalue weighted by Crippen LogP contribution is 2.31. The van der Waals surface area contributed by atoms with E-state index >= 15 is 0 Å². The van der Waals surface area contributed by atoms with Crippen molar-refractivity contribution in [3.05, 3.63) is 60.7 Å². The lowest BCUT2D eigenvalue weighted by atomic mass is 10.1. The Morgan fingerprint density at radius 3 is 2.79 bits per heavy atom. The van der Waals surface area contributed by atoms with E-state index in [-0.39, 0.29) is 11.7 Å². The van der Waals surface area contributed by atoms with Crippen molar-refractivity contribution in [3.63, 3.8) is 0 Å². The molecule has 28 heavy (non-hydrogen) atoms. The normalized spacial score (nSPS) is 13.6. The summed E-state index contributed by atoms with van der Waals surface area (Å²) in [5.41, 5.74) is 7.07. The first kappa shape index (κ1) is 18.1. The number of benzene rings is 2. The van der Waals surface area contributed by atoms with Gasteiger partial charge in [-0.1, -0.05) is 18.2 Å². The third-order valence-electron chi connectivity index (χ3n) is 4.82. The van der Waals surface area contributed by atoms with Crippen molar-refractivity contribution in [1.29, 1.82) is 0 Å². The second kappa shape index (κ2) is 7.36. The van der Waals surface area contributed by atoms with E-state index in [4.69, 9.17) is 14.9 Å². The molecule has 0 aliphatic heterocycles. The predicted molar refractivity (Wildman–Crippen MR) is 105 cm³/mol. The maximum Gasteiger partial charge on any atom is 0.268 e. The van der Waals surface area contributed by atoms with Crippen LogP contribution in [0, 0.1) is 0 Å². The number of aromatic nitrogens is 2. The smallest absolute Gasteiger partial charge is 0.268 e. The summed E-state index contributed by atoms with van der Waals surface area (Å²) >= 11 is 0. The third-order valence-corrected chi connectivity index (χ3v) is 4.82. The molecular weight excluding hydrogens is 358 g/mol. The van der Waals surface area contributed by atoms with Crippen LogP contribution in [0.2, 0.25) is 0 Å². The minimum atomic E-state index is -0.640. The lowest BCUT2D eigenvalue weighted by Crippen LogP contribution is -2.23. The van der Waals surface area contributed by atoms with Crippen molar-refractivity contribution >= 4 is 27.8 Å². The molecule has 0 saturated carbocycles. The van der Waals surface area contributed by atoms with Crippen LogP contribution in [0.15, 0.2) is 59.4 Å². The maximum absolute atomic E-state index is 11.2. The molecule has 0 spiro atoms. The van der Waals surface area contributed by atoms with Gasteiger partial charge in [-0.3, -0.25) is 4.79 Å². The molecule has 2 aromatic heterocycles. The fourth-order valence-electron chi connectivity index (χ4n) is 3.38. The molecule has 0 radical (unpaired) electrons. The van der Waals surface area contributed by atoms with Crippen molar-refractivity contribution < 1.29 is 19.1 Å². The average Bonchev–Trinajstić information content (AvgIpc) is 3.29. The summed E-state index contributed by atoms with van der Waals surface area (Å²) in [4.78, 5) is 15.2. The van der Waals surface area contributed by atoms with Crippen LogP contribution in [0.25, 0.3) is 21.9 Å². The number of nitrogens with zero attached hydrogens (tertiary/aromatic N) is 2. The van der Waals surface area contributed by atoms with Crippen LogP contribution in [0.4, 0.5) is 0 Å². The fourth-order valence-corrected chi connectivity index (χ4v) is 3.38. The van der Waals surface area contributed by atoms with Gasteiger partial charge >= 0.3 is 0 Å². The Kier molecular flexibility index (Phi) is 4.75. The summed E-state index contributed by atoms with van der Waals surface area (Å²) in [6.07, 6.45) is 2.94. The third kappa shape index (κ3) is 3.44. The monoisotopic (exact) mass is 379 g/mol. The summed E-state index contributed by atoms with van der Waals surface area (Å²) in [7, 11) is 0. The van der Waals surface area contributed by atoms with Gasteiger partial charge in [-0.05, 0) is 31.2 Å². The summed E-state index contributed by atoms with van der Waals surface area (Å²) in [5, 5.41) is 12.2. The number of primary amides is 1. The lowest BCUT2D eigenvalue weighted by molar-refractivity contribution is 0.0993. The van der Waals surface area contributed by atoms with Gasteiger partial charge < -0.3 is 24.6 Å². The van der Waals surface area contributed by atoms with Crippen LogP contribution in [0.3, 0.4) is 0 Å². The molecule has 7 nitrogen and oxygen atoms in total. The Morgan fingerprint density at radius 2 is 2.04 bits per heavy atom. The molecule has 7 heteroatoms. The van der Waals surface area contributed by atoms with Gasteiger partial charge in [0, 0.05) is 23.4 Å². The minimum absolute atomic E-state index is 0.170. The van der Waals surface area contributed by atoms with Gasteiger partial charge in [-0.25, -0.2) is 4.98 Å². The summed E-state index contributed by atoms with van der Waals surface area (Å²) in [5.74, 6) is 0.131. The molecule has 2 aromatic carbocycles. The molecule has 2 atom stereocenters. The Labute approximate surface area is 161 Å². The van der Waals surface area contributed by atoms with Crippen LogP contribution in [0.5, 0.6) is 5.75 Å².